The number of carbonyl (C=O) groups is 1. The van der Waals surface area contributed by atoms with E-state index in [4.69, 9.17) is 4.74 Å². The van der Waals surface area contributed by atoms with Gasteiger partial charge in [-0.05, 0) is 19.3 Å². The summed E-state index contributed by atoms with van der Waals surface area (Å²) < 4.78 is 4.76. The van der Waals surface area contributed by atoms with Gasteiger partial charge in [-0.15, -0.1) is 0 Å². The SMILES string of the molecule is COC(=O)C1CC/C(=C/[Si](C)(C)C)C1. The molecule has 0 amide bonds. The van der Waals surface area contributed by atoms with E-state index in [-0.39, 0.29) is 11.9 Å². The maximum absolute atomic E-state index is 11.3. The van der Waals surface area contributed by atoms with Crippen molar-refractivity contribution in [3.05, 3.63) is 11.3 Å². The monoisotopic (exact) mass is 212 g/mol. The normalized spacial score (nSPS) is 25.4. The van der Waals surface area contributed by atoms with E-state index in [1.807, 2.05) is 0 Å². The summed E-state index contributed by atoms with van der Waals surface area (Å²) in [6, 6.07) is 0. The Hall–Kier alpha value is -0.573. The Labute approximate surface area is 87.3 Å². The minimum Gasteiger partial charge on any atom is -0.469 e. The predicted octanol–water partition coefficient (Wildman–Crippen LogP) is 2.76. The summed E-state index contributed by atoms with van der Waals surface area (Å²) in [5, 5.41) is 0. The lowest BCUT2D eigenvalue weighted by molar-refractivity contribution is -0.145. The summed E-state index contributed by atoms with van der Waals surface area (Å²) in [4.78, 5) is 11.3. The second-order valence-electron chi connectivity index (χ2n) is 5.13. The van der Waals surface area contributed by atoms with Gasteiger partial charge in [0.1, 0.15) is 0 Å². The van der Waals surface area contributed by atoms with Gasteiger partial charge in [0.15, 0.2) is 0 Å². The minimum absolute atomic E-state index is 0.0380. The lowest BCUT2D eigenvalue weighted by Gasteiger charge is -2.11. The molecule has 0 aromatic heterocycles. The first-order valence-electron chi connectivity index (χ1n) is 5.21. The molecule has 0 aromatic carbocycles. The fourth-order valence-electron chi connectivity index (χ4n) is 1.99. The Morgan fingerprint density at radius 1 is 1.50 bits per heavy atom. The first-order chi connectivity index (χ1) is 6.42. The molecule has 1 aliphatic rings. The van der Waals surface area contributed by atoms with Crippen molar-refractivity contribution in [2.45, 2.75) is 38.9 Å². The summed E-state index contributed by atoms with van der Waals surface area (Å²) in [6.45, 7) is 6.97. The first-order valence-corrected chi connectivity index (χ1v) is 8.78. The number of carbonyl (C=O) groups excluding carboxylic acids is 1. The quantitative estimate of drug-likeness (QED) is 0.520. The van der Waals surface area contributed by atoms with Gasteiger partial charge in [0, 0.05) is 0 Å². The Morgan fingerprint density at radius 3 is 2.64 bits per heavy atom. The molecule has 1 atom stereocenters. The van der Waals surface area contributed by atoms with Gasteiger partial charge in [-0.3, -0.25) is 4.79 Å². The van der Waals surface area contributed by atoms with Crippen LogP contribution in [0.4, 0.5) is 0 Å². The van der Waals surface area contributed by atoms with Crippen LogP contribution in [0.5, 0.6) is 0 Å². The summed E-state index contributed by atoms with van der Waals surface area (Å²) in [5.41, 5.74) is 3.90. The van der Waals surface area contributed by atoms with Crippen LogP contribution in [-0.2, 0) is 9.53 Å². The van der Waals surface area contributed by atoms with Crippen LogP contribution in [0.2, 0.25) is 19.6 Å². The van der Waals surface area contributed by atoms with E-state index in [1.165, 1.54) is 12.7 Å². The fraction of sp³-hybridized carbons (Fsp3) is 0.727. The van der Waals surface area contributed by atoms with Crippen LogP contribution < -0.4 is 0 Å². The molecule has 0 bridgehead atoms. The molecule has 0 N–H and O–H groups in total. The van der Waals surface area contributed by atoms with Gasteiger partial charge in [-0.2, -0.15) is 0 Å². The molecule has 0 saturated heterocycles. The zero-order chi connectivity index (χ0) is 10.8. The van der Waals surface area contributed by atoms with Crippen molar-refractivity contribution in [2.24, 2.45) is 5.92 Å². The number of hydrogen-bond acceptors (Lipinski definition) is 2. The van der Waals surface area contributed by atoms with Gasteiger partial charge in [-0.1, -0.05) is 30.9 Å². The van der Waals surface area contributed by atoms with E-state index in [1.54, 1.807) is 0 Å². The third-order valence-electron chi connectivity index (χ3n) is 2.49. The zero-order valence-electron chi connectivity index (χ0n) is 9.59. The van der Waals surface area contributed by atoms with E-state index in [2.05, 4.69) is 25.3 Å². The molecule has 14 heavy (non-hydrogen) atoms. The van der Waals surface area contributed by atoms with Crippen LogP contribution in [0.15, 0.2) is 11.3 Å². The molecular formula is C11H20O2Si. The van der Waals surface area contributed by atoms with E-state index < -0.39 is 8.07 Å². The van der Waals surface area contributed by atoms with Gasteiger partial charge in [-0.25, -0.2) is 0 Å². The van der Waals surface area contributed by atoms with E-state index in [0.29, 0.717) is 0 Å². The molecule has 3 heteroatoms. The fourth-order valence-corrected chi connectivity index (χ4v) is 3.48. The minimum atomic E-state index is -1.11. The molecule has 1 unspecified atom stereocenters. The first kappa shape index (κ1) is 11.5. The maximum Gasteiger partial charge on any atom is 0.308 e. The number of rotatable bonds is 2. The van der Waals surface area contributed by atoms with E-state index >= 15 is 0 Å². The van der Waals surface area contributed by atoms with Crippen molar-refractivity contribution in [1.82, 2.24) is 0 Å². The van der Waals surface area contributed by atoms with Gasteiger partial charge >= 0.3 is 5.97 Å². The second kappa shape index (κ2) is 4.30. The standard InChI is InChI=1S/C11H20O2Si/c1-13-11(12)10-6-5-9(7-10)8-14(2,3)4/h8,10H,5-7H2,1-4H3/b9-8-. The lowest BCUT2D eigenvalue weighted by atomic mass is 10.1. The molecule has 1 rings (SSSR count). The Balaban J connectivity index is 2.57. The van der Waals surface area contributed by atoms with Gasteiger partial charge in [0.2, 0.25) is 0 Å². The molecule has 0 radical (unpaired) electrons. The largest absolute Gasteiger partial charge is 0.469 e. The Bertz CT molecular complexity index is 251. The number of ether oxygens (including phenoxy) is 1. The smallest absolute Gasteiger partial charge is 0.308 e. The Morgan fingerprint density at radius 2 is 2.14 bits per heavy atom. The number of hydrogen-bond donors (Lipinski definition) is 0. The molecule has 0 aliphatic heterocycles. The second-order valence-corrected chi connectivity index (χ2v) is 10.2. The zero-order valence-corrected chi connectivity index (χ0v) is 10.6. The Kier molecular flexibility index (Phi) is 3.53. The van der Waals surface area contributed by atoms with Crippen LogP contribution in [0.25, 0.3) is 0 Å². The predicted molar refractivity (Wildman–Crippen MR) is 60.8 cm³/mol. The molecule has 1 aliphatic carbocycles. The topological polar surface area (TPSA) is 26.3 Å². The van der Waals surface area contributed by atoms with Crippen LogP contribution in [0.3, 0.4) is 0 Å². The molecule has 2 nitrogen and oxygen atoms in total. The molecule has 0 spiro atoms. The highest BCUT2D eigenvalue weighted by Crippen LogP contribution is 2.32. The van der Waals surface area contributed by atoms with Crippen molar-refractivity contribution >= 4 is 14.0 Å². The van der Waals surface area contributed by atoms with Crippen LogP contribution >= 0.6 is 0 Å². The average molecular weight is 212 g/mol. The lowest BCUT2D eigenvalue weighted by Crippen LogP contribution is -2.17. The van der Waals surface area contributed by atoms with Crippen molar-refractivity contribution < 1.29 is 9.53 Å². The van der Waals surface area contributed by atoms with E-state index in [0.717, 1.165) is 19.3 Å². The highest BCUT2D eigenvalue weighted by Gasteiger charge is 2.27. The molecular weight excluding hydrogens is 192 g/mol. The van der Waals surface area contributed by atoms with Crippen molar-refractivity contribution in [1.29, 1.82) is 0 Å². The maximum atomic E-state index is 11.3. The molecule has 0 heterocycles. The molecule has 80 valence electrons. The number of methoxy groups -OCH3 is 1. The summed E-state index contributed by atoms with van der Waals surface area (Å²) in [7, 11) is 0.364. The van der Waals surface area contributed by atoms with E-state index in [9.17, 15) is 4.79 Å². The van der Waals surface area contributed by atoms with Gasteiger partial charge in [0.05, 0.1) is 21.1 Å². The third-order valence-corrected chi connectivity index (χ3v) is 3.77. The van der Waals surface area contributed by atoms with Crippen molar-refractivity contribution in [2.75, 3.05) is 7.11 Å². The summed E-state index contributed by atoms with van der Waals surface area (Å²) in [6.07, 6.45) is 2.99. The number of allylic oxidation sites excluding steroid dienone is 1. The summed E-state index contributed by atoms with van der Waals surface area (Å²) in [5.74, 6) is 0.0894. The molecule has 1 fully saturated rings. The summed E-state index contributed by atoms with van der Waals surface area (Å²) >= 11 is 0. The van der Waals surface area contributed by atoms with Crippen molar-refractivity contribution in [3.63, 3.8) is 0 Å². The number of esters is 1. The van der Waals surface area contributed by atoms with Crippen LogP contribution in [0, 0.1) is 5.92 Å². The highest BCUT2D eigenvalue weighted by atomic mass is 28.3. The van der Waals surface area contributed by atoms with Crippen LogP contribution in [0.1, 0.15) is 19.3 Å². The highest BCUT2D eigenvalue weighted by molar-refractivity contribution is 6.81. The van der Waals surface area contributed by atoms with Gasteiger partial charge in [0.25, 0.3) is 0 Å². The molecule has 1 saturated carbocycles. The van der Waals surface area contributed by atoms with Crippen molar-refractivity contribution in [3.8, 4) is 0 Å². The van der Waals surface area contributed by atoms with Crippen LogP contribution in [-0.4, -0.2) is 21.2 Å². The molecule has 0 aromatic rings. The average Bonchev–Trinajstić information content (AvgIpc) is 2.48. The van der Waals surface area contributed by atoms with Gasteiger partial charge < -0.3 is 4.74 Å². The third kappa shape index (κ3) is 3.29.